The summed E-state index contributed by atoms with van der Waals surface area (Å²) in [4.78, 5) is 0.201. The second kappa shape index (κ2) is 8.83. The summed E-state index contributed by atoms with van der Waals surface area (Å²) in [5.41, 5.74) is 4.15. The van der Waals surface area contributed by atoms with Crippen LogP contribution in [0.3, 0.4) is 0 Å². The molecule has 1 N–H and O–H groups in total. The van der Waals surface area contributed by atoms with Crippen LogP contribution in [0, 0.1) is 6.92 Å². The van der Waals surface area contributed by atoms with E-state index in [2.05, 4.69) is 10.1 Å². The van der Waals surface area contributed by atoms with Crippen molar-refractivity contribution in [2.45, 2.75) is 18.4 Å². The van der Waals surface area contributed by atoms with E-state index in [0.717, 1.165) is 22.3 Å². The number of benzene rings is 3. The Morgan fingerprint density at radius 2 is 1.70 bits per heavy atom. The maximum atomic E-state index is 12.8. The molecule has 1 aromatic heterocycles. The molecule has 0 spiro atoms. The molecule has 3 aromatic carbocycles. The summed E-state index contributed by atoms with van der Waals surface area (Å²) in [6, 6.07) is 24.0. The third-order valence-corrected chi connectivity index (χ3v) is 6.76. The molecule has 0 aliphatic carbocycles. The van der Waals surface area contributed by atoms with Crippen molar-refractivity contribution in [1.29, 1.82) is 0 Å². The fourth-order valence-corrected chi connectivity index (χ4v) is 4.79. The van der Waals surface area contributed by atoms with Crippen LogP contribution in [0.2, 0.25) is 0 Å². The Hall–Kier alpha value is -2.93. The molecule has 6 heteroatoms. The van der Waals surface area contributed by atoms with Gasteiger partial charge in [0.25, 0.3) is 0 Å². The maximum Gasteiger partial charge on any atom is 0.240 e. The standard InChI is InChI=1S/C24H21NO3S2/c1-18-5-4-7-22(15-18)28-21-9-11-23(12-10-21)30(26,27)25-16-19-6-2-3-8-24(19)20-13-14-29-17-20/h2-15,17,25H,16H2,1H3. The normalized spacial score (nSPS) is 11.4. The minimum absolute atomic E-state index is 0.201. The molecule has 1 heterocycles. The van der Waals surface area contributed by atoms with Gasteiger partial charge >= 0.3 is 0 Å². The zero-order valence-corrected chi connectivity index (χ0v) is 18.0. The Morgan fingerprint density at radius 1 is 0.900 bits per heavy atom. The predicted octanol–water partition coefficient (Wildman–Crippen LogP) is 5.99. The molecule has 0 bridgehead atoms. The van der Waals surface area contributed by atoms with E-state index in [0.29, 0.717) is 11.5 Å². The first-order valence-electron chi connectivity index (χ1n) is 9.46. The lowest BCUT2D eigenvalue weighted by Gasteiger charge is -2.11. The molecule has 0 atom stereocenters. The molecule has 0 amide bonds. The van der Waals surface area contributed by atoms with Gasteiger partial charge in [-0.3, -0.25) is 0 Å². The fraction of sp³-hybridized carbons (Fsp3) is 0.0833. The summed E-state index contributed by atoms with van der Waals surface area (Å²) in [5.74, 6) is 1.30. The van der Waals surface area contributed by atoms with E-state index in [1.165, 1.54) is 0 Å². The molecule has 0 aliphatic rings. The van der Waals surface area contributed by atoms with Gasteiger partial charge in [-0.2, -0.15) is 11.3 Å². The maximum absolute atomic E-state index is 12.8. The average Bonchev–Trinajstić information content (AvgIpc) is 3.28. The largest absolute Gasteiger partial charge is 0.457 e. The van der Waals surface area contributed by atoms with Gasteiger partial charge in [-0.1, -0.05) is 36.4 Å². The molecule has 0 fully saturated rings. The zero-order chi connectivity index (χ0) is 21.0. The second-order valence-corrected chi connectivity index (χ2v) is 9.43. The monoisotopic (exact) mass is 435 g/mol. The van der Waals surface area contributed by atoms with Crippen molar-refractivity contribution in [2.24, 2.45) is 0 Å². The Morgan fingerprint density at radius 3 is 2.43 bits per heavy atom. The van der Waals surface area contributed by atoms with Crippen LogP contribution in [0.1, 0.15) is 11.1 Å². The Kier molecular flexibility index (Phi) is 5.99. The number of aryl methyl sites for hydroxylation is 1. The highest BCUT2D eigenvalue weighted by molar-refractivity contribution is 7.89. The lowest BCUT2D eigenvalue weighted by Crippen LogP contribution is -2.23. The number of hydrogen-bond acceptors (Lipinski definition) is 4. The van der Waals surface area contributed by atoms with Crippen molar-refractivity contribution in [2.75, 3.05) is 0 Å². The molecule has 0 saturated heterocycles. The number of thiophene rings is 1. The average molecular weight is 436 g/mol. The van der Waals surface area contributed by atoms with Crippen molar-refractivity contribution in [1.82, 2.24) is 4.72 Å². The van der Waals surface area contributed by atoms with Gasteiger partial charge in [0.05, 0.1) is 4.90 Å². The van der Waals surface area contributed by atoms with Crippen LogP contribution in [0.4, 0.5) is 0 Å². The summed E-state index contributed by atoms with van der Waals surface area (Å²) in [5, 5.41) is 4.07. The van der Waals surface area contributed by atoms with E-state index in [-0.39, 0.29) is 11.4 Å². The lowest BCUT2D eigenvalue weighted by molar-refractivity contribution is 0.481. The van der Waals surface area contributed by atoms with Crippen molar-refractivity contribution in [3.63, 3.8) is 0 Å². The van der Waals surface area contributed by atoms with Gasteiger partial charge in [-0.25, -0.2) is 13.1 Å². The van der Waals surface area contributed by atoms with E-state index >= 15 is 0 Å². The summed E-state index contributed by atoms with van der Waals surface area (Å²) in [7, 11) is -3.64. The summed E-state index contributed by atoms with van der Waals surface area (Å²) in [6.45, 7) is 2.21. The second-order valence-electron chi connectivity index (χ2n) is 6.88. The zero-order valence-electron chi connectivity index (χ0n) is 16.4. The highest BCUT2D eigenvalue weighted by atomic mass is 32.2. The van der Waals surface area contributed by atoms with Gasteiger partial charge in [-0.05, 0) is 82.4 Å². The smallest absolute Gasteiger partial charge is 0.240 e. The molecule has 4 rings (SSSR count). The van der Waals surface area contributed by atoms with Gasteiger partial charge in [0.15, 0.2) is 0 Å². The van der Waals surface area contributed by atoms with Gasteiger partial charge in [0.2, 0.25) is 10.0 Å². The van der Waals surface area contributed by atoms with Gasteiger partial charge in [0.1, 0.15) is 11.5 Å². The molecule has 4 aromatic rings. The topological polar surface area (TPSA) is 55.4 Å². The third kappa shape index (κ3) is 4.79. The quantitative estimate of drug-likeness (QED) is 0.388. The van der Waals surface area contributed by atoms with Crippen molar-refractivity contribution in [3.8, 4) is 22.6 Å². The number of rotatable bonds is 7. The van der Waals surface area contributed by atoms with Crippen LogP contribution in [0.25, 0.3) is 11.1 Å². The number of nitrogens with one attached hydrogen (secondary N) is 1. The summed E-state index contributed by atoms with van der Waals surface area (Å²) >= 11 is 1.62. The van der Waals surface area contributed by atoms with Crippen LogP contribution in [-0.4, -0.2) is 8.42 Å². The van der Waals surface area contributed by atoms with Crippen LogP contribution in [0.15, 0.2) is 94.5 Å². The van der Waals surface area contributed by atoms with E-state index < -0.39 is 10.0 Å². The first-order chi connectivity index (χ1) is 14.5. The molecule has 0 aliphatic heterocycles. The molecule has 0 saturated carbocycles. The molecular weight excluding hydrogens is 414 g/mol. The van der Waals surface area contributed by atoms with Gasteiger partial charge in [0, 0.05) is 6.54 Å². The number of ether oxygens (including phenoxy) is 1. The highest BCUT2D eigenvalue weighted by Gasteiger charge is 2.15. The molecule has 30 heavy (non-hydrogen) atoms. The summed E-state index contributed by atoms with van der Waals surface area (Å²) in [6.07, 6.45) is 0. The lowest BCUT2D eigenvalue weighted by atomic mass is 10.0. The highest BCUT2D eigenvalue weighted by Crippen LogP contribution is 2.27. The third-order valence-electron chi connectivity index (χ3n) is 4.66. The van der Waals surface area contributed by atoms with Crippen molar-refractivity contribution < 1.29 is 13.2 Å². The molecular formula is C24H21NO3S2. The Bertz CT molecular complexity index is 1230. The van der Waals surface area contributed by atoms with Crippen LogP contribution >= 0.6 is 11.3 Å². The van der Waals surface area contributed by atoms with Crippen molar-refractivity contribution >= 4 is 21.4 Å². The minimum atomic E-state index is -3.64. The number of hydrogen-bond donors (Lipinski definition) is 1. The molecule has 0 radical (unpaired) electrons. The number of sulfonamides is 1. The first-order valence-corrected chi connectivity index (χ1v) is 11.9. The Balaban J connectivity index is 1.47. The van der Waals surface area contributed by atoms with Crippen molar-refractivity contribution in [3.05, 3.63) is 101 Å². The van der Waals surface area contributed by atoms with E-state index in [9.17, 15) is 8.42 Å². The van der Waals surface area contributed by atoms with Crippen LogP contribution in [-0.2, 0) is 16.6 Å². The van der Waals surface area contributed by atoms with Crippen LogP contribution in [0.5, 0.6) is 11.5 Å². The van der Waals surface area contributed by atoms with Gasteiger partial charge < -0.3 is 4.74 Å². The first kappa shape index (κ1) is 20.3. The fourth-order valence-electron chi connectivity index (χ4n) is 3.13. The minimum Gasteiger partial charge on any atom is -0.457 e. The Labute approximate surface area is 180 Å². The van der Waals surface area contributed by atoms with Gasteiger partial charge in [-0.15, -0.1) is 0 Å². The van der Waals surface area contributed by atoms with E-state index in [1.807, 2.05) is 66.9 Å². The molecule has 4 nitrogen and oxygen atoms in total. The van der Waals surface area contributed by atoms with E-state index in [4.69, 9.17) is 4.74 Å². The van der Waals surface area contributed by atoms with Crippen LogP contribution < -0.4 is 9.46 Å². The molecule has 152 valence electrons. The SMILES string of the molecule is Cc1cccc(Oc2ccc(S(=O)(=O)NCc3ccccc3-c3ccsc3)cc2)c1. The molecule has 0 unspecified atom stereocenters. The predicted molar refractivity (Wildman–Crippen MR) is 121 cm³/mol. The summed E-state index contributed by atoms with van der Waals surface area (Å²) < 4.78 is 34.0. The van der Waals surface area contributed by atoms with E-state index in [1.54, 1.807) is 35.6 Å².